The minimum Gasteiger partial charge on any atom is -0.340 e. The first-order valence-corrected chi connectivity index (χ1v) is 6.95. The number of ether oxygens (including phenoxy) is 2. The minimum atomic E-state index is -0.631. The summed E-state index contributed by atoms with van der Waals surface area (Å²) in [5.41, 5.74) is 8.07. The predicted molar refractivity (Wildman–Crippen MR) is 74.0 cm³/mol. The molecule has 1 aromatic carbocycles. The predicted octanol–water partition coefficient (Wildman–Crippen LogP) is 1.77. The number of methoxy groups -OCH3 is 2. The quantitative estimate of drug-likeness (QED) is 0.843. The summed E-state index contributed by atoms with van der Waals surface area (Å²) in [5, 5.41) is 0.233. The van der Waals surface area contributed by atoms with Gasteiger partial charge in [-0.05, 0) is 18.2 Å². The van der Waals surface area contributed by atoms with E-state index >= 15 is 0 Å². The Morgan fingerprint density at radius 1 is 1.44 bits per heavy atom. The Balaban J connectivity index is 2.25. The van der Waals surface area contributed by atoms with Gasteiger partial charge in [-0.15, -0.1) is 11.8 Å². The largest absolute Gasteiger partial charge is 0.340 e. The number of thioether (sulfide) groups is 1. The summed E-state index contributed by atoms with van der Waals surface area (Å²) in [6.45, 7) is 0.564. The Bertz CT molecular complexity index is 410. The molecule has 4 nitrogen and oxygen atoms in total. The van der Waals surface area contributed by atoms with Gasteiger partial charge in [0.2, 0.25) is 5.91 Å². The molecule has 0 amide bonds. The smallest absolute Gasteiger partial charge is 0.239 e. The van der Waals surface area contributed by atoms with Crippen LogP contribution in [0.2, 0.25) is 0 Å². The third-order valence-electron chi connectivity index (χ3n) is 3.42. The lowest BCUT2D eigenvalue weighted by Gasteiger charge is -2.34. The Hall–Kier alpha value is -0.590. The van der Waals surface area contributed by atoms with Crippen LogP contribution in [0.1, 0.15) is 16.5 Å². The minimum absolute atomic E-state index is 0.233. The van der Waals surface area contributed by atoms with Gasteiger partial charge in [0.1, 0.15) is 0 Å². The van der Waals surface area contributed by atoms with Crippen LogP contribution >= 0.6 is 11.8 Å². The van der Waals surface area contributed by atoms with Crippen LogP contribution in [-0.4, -0.2) is 37.8 Å². The highest BCUT2D eigenvalue weighted by atomic mass is 32.2. The molecule has 5 heteroatoms. The van der Waals surface area contributed by atoms with E-state index in [1.165, 1.54) is 5.56 Å². The number of nitrogens with zero attached hydrogens (tertiary/aromatic N) is 1. The summed E-state index contributed by atoms with van der Waals surface area (Å²) >= 11 is 1.81. The molecular weight excluding hydrogens is 248 g/mol. The van der Waals surface area contributed by atoms with E-state index in [9.17, 15) is 0 Å². The van der Waals surface area contributed by atoms with Gasteiger partial charge >= 0.3 is 0 Å². The zero-order valence-corrected chi connectivity index (χ0v) is 11.9. The van der Waals surface area contributed by atoms with Gasteiger partial charge in [-0.2, -0.15) is 0 Å². The molecule has 1 unspecified atom stereocenters. The van der Waals surface area contributed by atoms with Crippen molar-refractivity contribution < 1.29 is 9.47 Å². The van der Waals surface area contributed by atoms with E-state index < -0.39 is 5.91 Å². The molecule has 18 heavy (non-hydrogen) atoms. The molecule has 1 aliphatic rings. The maximum Gasteiger partial charge on any atom is 0.239 e. The van der Waals surface area contributed by atoms with Gasteiger partial charge in [0.15, 0.2) is 0 Å². The number of hydrogen-bond donors (Lipinski definition) is 1. The van der Waals surface area contributed by atoms with Crippen molar-refractivity contribution in [3.8, 4) is 0 Å². The topological polar surface area (TPSA) is 47.7 Å². The average molecular weight is 268 g/mol. The zero-order valence-electron chi connectivity index (χ0n) is 11.1. The van der Waals surface area contributed by atoms with Crippen LogP contribution in [0.25, 0.3) is 0 Å². The van der Waals surface area contributed by atoms with Crippen molar-refractivity contribution in [2.45, 2.75) is 17.8 Å². The summed E-state index contributed by atoms with van der Waals surface area (Å²) in [5.74, 6) is 0.155. The fraction of sp³-hybridized carbons (Fsp3) is 0.538. The van der Waals surface area contributed by atoms with Gasteiger partial charge in [-0.25, -0.2) is 4.90 Å². The Morgan fingerprint density at radius 2 is 2.17 bits per heavy atom. The van der Waals surface area contributed by atoms with Gasteiger partial charge in [-0.1, -0.05) is 24.3 Å². The van der Waals surface area contributed by atoms with Crippen LogP contribution in [0.3, 0.4) is 0 Å². The molecule has 0 radical (unpaired) electrons. The molecule has 0 bridgehead atoms. The second-order valence-corrected chi connectivity index (χ2v) is 5.41. The molecule has 1 atom stereocenters. The van der Waals surface area contributed by atoms with Crippen LogP contribution < -0.4 is 5.73 Å². The maximum absolute atomic E-state index is 5.69. The summed E-state index contributed by atoms with van der Waals surface area (Å²) in [6, 6.07) is 8.36. The van der Waals surface area contributed by atoms with Crippen LogP contribution in [0.5, 0.6) is 0 Å². The molecule has 1 aliphatic heterocycles. The van der Waals surface area contributed by atoms with Crippen molar-refractivity contribution in [2.75, 3.05) is 27.0 Å². The van der Waals surface area contributed by atoms with Gasteiger partial charge in [0.25, 0.3) is 0 Å². The normalized spacial score (nSPS) is 23.4. The van der Waals surface area contributed by atoms with Crippen molar-refractivity contribution in [3.63, 3.8) is 0 Å². The van der Waals surface area contributed by atoms with E-state index in [0.717, 1.165) is 11.3 Å². The molecular formula is C13H20N2O2S. The Labute approximate surface area is 112 Å². The molecule has 0 saturated carbocycles. The summed E-state index contributed by atoms with van der Waals surface area (Å²) in [6.07, 6.45) is 0. The van der Waals surface area contributed by atoms with Gasteiger partial charge < -0.3 is 15.2 Å². The molecule has 1 heterocycles. The molecule has 1 saturated heterocycles. The summed E-state index contributed by atoms with van der Waals surface area (Å²) in [4.78, 5) is 2.12. The van der Waals surface area contributed by atoms with E-state index in [1.807, 2.05) is 30.9 Å². The lowest BCUT2D eigenvalue weighted by molar-refractivity contribution is -0.270. The van der Waals surface area contributed by atoms with Crippen LogP contribution in [0.4, 0.5) is 0 Å². The van der Waals surface area contributed by atoms with E-state index in [1.54, 1.807) is 14.2 Å². The van der Waals surface area contributed by atoms with Gasteiger partial charge in [0.05, 0.1) is 11.1 Å². The number of rotatable bonds is 4. The molecule has 0 aromatic heterocycles. The fourth-order valence-electron chi connectivity index (χ4n) is 2.26. The highest BCUT2D eigenvalue weighted by Gasteiger charge is 2.46. The van der Waals surface area contributed by atoms with Crippen molar-refractivity contribution >= 4 is 11.8 Å². The molecule has 2 N–H and O–H groups in total. The highest BCUT2D eigenvalue weighted by molar-refractivity contribution is 7.99. The second-order valence-electron chi connectivity index (χ2n) is 4.34. The monoisotopic (exact) mass is 268 g/mol. The highest BCUT2D eigenvalue weighted by Crippen LogP contribution is 2.45. The molecule has 2 rings (SSSR count). The van der Waals surface area contributed by atoms with E-state index in [2.05, 4.69) is 17.0 Å². The number of hydrogen-bond acceptors (Lipinski definition) is 5. The van der Waals surface area contributed by atoms with Crippen LogP contribution in [0, 0.1) is 0 Å². The van der Waals surface area contributed by atoms with Crippen LogP contribution in [0.15, 0.2) is 24.3 Å². The maximum atomic E-state index is 5.69. The first-order chi connectivity index (χ1) is 8.66. The summed E-state index contributed by atoms with van der Waals surface area (Å²) in [7, 11) is 5.38. The average Bonchev–Trinajstić information content (AvgIpc) is 2.76. The number of benzene rings is 1. The first-order valence-electron chi connectivity index (χ1n) is 5.90. The SMILES string of the molecule is COC1(OC)CSC(c2cccc(CN)c2)N1C. The Morgan fingerprint density at radius 3 is 2.72 bits per heavy atom. The lowest BCUT2D eigenvalue weighted by atomic mass is 10.1. The van der Waals surface area contributed by atoms with E-state index in [4.69, 9.17) is 15.2 Å². The van der Waals surface area contributed by atoms with Crippen molar-refractivity contribution in [3.05, 3.63) is 35.4 Å². The third-order valence-corrected chi connectivity index (χ3v) is 4.86. The molecule has 1 fully saturated rings. The summed E-state index contributed by atoms with van der Waals surface area (Å²) < 4.78 is 11.1. The van der Waals surface area contributed by atoms with Crippen molar-refractivity contribution in [1.29, 1.82) is 0 Å². The molecule has 0 aliphatic carbocycles. The first kappa shape index (κ1) is 13.8. The molecule has 100 valence electrons. The Kier molecular flexibility index (Phi) is 4.29. The standard InChI is InChI=1S/C13H20N2O2S/c1-15-12(18-9-13(15,16-2)17-3)11-6-4-5-10(7-11)8-14/h4-7,12H,8-9,14H2,1-3H3. The van der Waals surface area contributed by atoms with E-state index in [0.29, 0.717) is 6.54 Å². The van der Waals surface area contributed by atoms with Crippen LogP contribution in [-0.2, 0) is 16.0 Å². The van der Waals surface area contributed by atoms with Crippen molar-refractivity contribution in [2.24, 2.45) is 5.73 Å². The lowest BCUT2D eigenvalue weighted by Crippen LogP contribution is -2.47. The van der Waals surface area contributed by atoms with Crippen molar-refractivity contribution in [1.82, 2.24) is 4.90 Å². The van der Waals surface area contributed by atoms with Gasteiger partial charge in [0, 0.05) is 20.8 Å². The zero-order chi connectivity index (χ0) is 13.2. The molecule has 0 spiro atoms. The second kappa shape index (κ2) is 5.59. The van der Waals surface area contributed by atoms with E-state index in [-0.39, 0.29) is 5.37 Å². The number of nitrogens with two attached hydrogens (primary N) is 1. The third kappa shape index (κ3) is 2.29. The van der Waals surface area contributed by atoms with Gasteiger partial charge in [-0.3, -0.25) is 0 Å². The molecule has 1 aromatic rings. The fourth-order valence-corrected chi connectivity index (χ4v) is 3.79.